The second-order valence-corrected chi connectivity index (χ2v) is 5.01. The first-order valence-corrected chi connectivity index (χ1v) is 6.37. The maximum Gasteiger partial charge on any atom is 0.411 e. The third kappa shape index (κ3) is 3.01. The summed E-state index contributed by atoms with van der Waals surface area (Å²) >= 11 is 0. The Balaban J connectivity index is 1.91. The fourth-order valence-electron chi connectivity index (χ4n) is 2.24. The second kappa shape index (κ2) is 5.40. The third-order valence-corrected chi connectivity index (χ3v) is 3.36. The van der Waals surface area contributed by atoms with E-state index in [4.69, 9.17) is 10.5 Å². The van der Waals surface area contributed by atoms with Crippen LogP contribution in [0.3, 0.4) is 0 Å². The molecule has 18 heavy (non-hydrogen) atoms. The zero-order valence-electron chi connectivity index (χ0n) is 10.8. The number of carbonyl (C=O) groups excluding carboxylic acids is 1. The zero-order valence-corrected chi connectivity index (χ0v) is 10.8. The summed E-state index contributed by atoms with van der Waals surface area (Å²) in [5.41, 5.74) is 6.53. The lowest BCUT2D eigenvalue weighted by Crippen LogP contribution is -2.58. The van der Waals surface area contributed by atoms with Crippen molar-refractivity contribution in [3.05, 3.63) is 35.9 Å². The Labute approximate surface area is 108 Å². The number of carbonyl (C=O) groups is 1. The summed E-state index contributed by atoms with van der Waals surface area (Å²) in [6, 6.07) is 9.66. The minimum Gasteiger partial charge on any atom is -0.445 e. The lowest BCUT2D eigenvalue weighted by molar-refractivity contribution is 0.0342. The summed E-state index contributed by atoms with van der Waals surface area (Å²) in [4.78, 5) is 13.6. The molecule has 1 aromatic carbocycles. The molecule has 98 valence electrons. The molecule has 4 nitrogen and oxygen atoms in total. The van der Waals surface area contributed by atoms with Gasteiger partial charge in [0.25, 0.3) is 0 Å². The Morgan fingerprint density at radius 2 is 2.11 bits per heavy atom. The molecule has 2 rings (SSSR count). The van der Waals surface area contributed by atoms with Crippen LogP contribution in [0.1, 0.15) is 31.7 Å². The number of benzene rings is 1. The Bertz CT molecular complexity index is 404. The summed E-state index contributed by atoms with van der Waals surface area (Å²) in [7, 11) is 0. The molecule has 1 aliphatic heterocycles. The van der Waals surface area contributed by atoms with E-state index in [-0.39, 0.29) is 6.09 Å². The van der Waals surface area contributed by atoms with Crippen LogP contribution in [0.25, 0.3) is 0 Å². The van der Waals surface area contributed by atoms with Crippen LogP contribution in [-0.4, -0.2) is 23.2 Å². The summed E-state index contributed by atoms with van der Waals surface area (Å²) < 4.78 is 5.31. The minimum absolute atomic E-state index is 0.298. The van der Waals surface area contributed by atoms with E-state index in [1.807, 2.05) is 37.3 Å². The number of nitrogens with zero attached hydrogens (tertiary/aromatic N) is 1. The topological polar surface area (TPSA) is 55.6 Å². The van der Waals surface area contributed by atoms with Crippen LogP contribution in [0.15, 0.2) is 30.3 Å². The highest BCUT2D eigenvalue weighted by Crippen LogP contribution is 2.23. The van der Waals surface area contributed by atoms with E-state index >= 15 is 0 Å². The molecule has 1 aromatic rings. The van der Waals surface area contributed by atoms with Gasteiger partial charge in [-0.15, -0.1) is 0 Å². The molecule has 4 heteroatoms. The molecule has 0 bridgehead atoms. The molecule has 0 saturated carbocycles. The van der Waals surface area contributed by atoms with Crippen molar-refractivity contribution in [2.75, 3.05) is 6.54 Å². The van der Waals surface area contributed by atoms with Gasteiger partial charge in [-0.2, -0.15) is 0 Å². The van der Waals surface area contributed by atoms with Crippen LogP contribution in [-0.2, 0) is 11.3 Å². The molecule has 0 spiro atoms. The number of rotatable bonds is 2. The molecular formula is C14H20N2O2. The second-order valence-electron chi connectivity index (χ2n) is 5.01. The largest absolute Gasteiger partial charge is 0.445 e. The van der Waals surface area contributed by atoms with E-state index in [0.29, 0.717) is 13.2 Å². The van der Waals surface area contributed by atoms with E-state index in [2.05, 4.69) is 0 Å². The molecule has 0 radical (unpaired) electrons. The molecule has 2 N–H and O–H groups in total. The van der Waals surface area contributed by atoms with Gasteiger partial charge in [0, 0.05) is 6.54 Å². The highest BCUT2D eigenvalue weighted by atomic mass is 16.6. The van der Waals surface area contributed by atoms with E-state index in [1.54, 1.807) is 4.90 Å². The SMILES string of the molecule is C[C@@]1(N)CCCCN1C(=O)OCc1ccccc1. The van der Waals surface area contributed by atoms with Crippen molar-refractivity contribution in [2.24, 2.45) is 5.73 Å². The van der Waals surface area contributed by atoms with E-state index in [1.165, 1.54) is 0 Å². The van der Waals surface area contributed by atoms with Gasteiger partial charge in [0.1, 0.15) is 6.61 Å². The highest BCUT2D eigenvalue weighted by molar-refractivity contribution is 5.68. The van der Waals surface area contributed by atoms with Crippen LogP contribution in [0.2, 0.25) is 0 Å². The first-order chi connectivity index (χ1) is 8.59. The Morgan fingerprint density at radius 3 is 2.78 bits per heavy atom. The number of ether oxygens (including phenoxy) is 1. The van der Waals surface area contributed by atoms with E-state index in [0.717, 1.165) is 24.8 Å². The Kier molecular flexibility index (Phi) is 3.87. The van der Waals surface area contributed by atoms with Gasteiger partial charge in [0.05, 0.1) is 5.66 Å². The fourth-order valence-corrected chi connectivity index (χ4v) is 2.24. The van der Waals surface area contributed by atoms with Crippen molar-refractivity contribution in [3.63, 3.8) is 0 Å². The fraction of sp³-hybridized carbons (Fsp3) is 0.500. The summed E-state index contributed by atoms with van der Waals surface area (Å²) in [6.45, 7) is 2.86. The standard InChI is InChI=1S/C14H20N2O2/c1-14(15)9-5-6-10-16(14)13(17)18-11-12-7-3-2-4-8-12/h2-4,7-8H,5-6,9-11,15H2,1H3/t14-/m0/s1. The van der Waals surface area contributed by atoms with Crippen LogP contribution in [0.4, 0.5) is 4.79 Å². The molecule has 0 aliphatic carbocycles. The van der Waals surface area contributed by atoms with Gasteiger partial charge in [-0.3, -0.25) is 4.90 Å². The molecule has 1 heterocycles. The monoisotopic (exact) mass is 248 g/mol. The van der Waals surface area contributed by atoms with Gasteiger partial charge in [0.15, 0.2) is 0 Å². The van der Waals surface area contributed by atoms with Crippen molar-refractivity contribution >= 4 is 6.09 Å². The van der Waals surface area contributed by atoms with Crippen molar-refractivity contribution < 1.29 is 9.53 Å². The lowest BCUT2D eigenvalue weighted by Gasteiger charge is -2.41. The Hall–Kier alpha value is -1.55. The predicted molar refractivity (Wildman–Crippen MR) is 69.8 cm³/mol. The number of nitrogens with two attached hydrogens (primary N) is 1. The first-order valence-electron chi connectivity index (χ1n) is 6.37. The van der Waals surface area contributed by atoms with Crippen LogP contribution < -0.4 is 5.73 Å². The van der Waals surface area contributed by atoms with E-state index in [9.17, 15) is 4.79 Å². The third-order valence-electron chi connectivity index (χ3n) is 3.36. The van der Waals surface area contributed by atoms with Crippen LogP contribution in [0.5, 0.6) is 0 Å². The van der Waals surface area contributed by atoms with Crippen LogP contribution in [0, 0.1) is 0 Å². The molecule has 0 aromatic heterocycles. The molecule has 1 amide bonds. The predicted octanol–water partition coefficient (Wildman–Crippen LogP) is 2.48. The van der Waals surface area contributed by atoms with Gasteiger partial charge < -0.3 is 10.5 Å². The summed E-state index contributed by atoms with van der Waals surface area (Å²) in [5, 5.41) is 0. The van der Waals surface area contributed by atoms with Crippen molar-refractivity contribution in [3.8, 4) is 0 Å². The van der Waals surface area contributed by atoms with Crippen LogP contribution >= 0.6 is 0 Å². The first kappa shape index (κ1) is 12.9. The Morgan fingerprint density at radius 1 is 1.39 bits per heavy atom. The number of hydrogen-bond donors (Lipinski definition) is 1. The smallest absolute Gasteiger partial charge is 0.411 e. The maximum atomic E-state index is 12.0. The number of amides is 1. The summed E-state index contributed by atoms with van der Waals surface area (Å²) in [6.07, 6.45) is 2.57. The van der Waals surface area contributed by atoms with Gasteiger partial charge in [0.2, 0.25) is 0 Å². The summed E-state index contributed by atoms with van der Waals surface area (Å²) in [5.74, 6) is 0. The molecule has 1 atom stereocenters. The highest BCUT2D eigenvalue weighted by Gasteiger charge is 2.34. The lowest BCUT2D eigenvalue weighted by atomic mass is 9.98. The maximum absolute atomic E-state index is 12.0. The molecule has 1 saturated heterocycles. The number of hydrogen-bond acceptors (Lipinski definition) is 3. The van der Waals surface area contributed by atoms with Crippen molar-refractivity contribution in [2.45, 2.75) is 38.5 Å². The van der Waals surface area contributed by atoms with Gasteiger partial charge in [-0.1, -0.05) is 30.3 Å². The molecule has 1 aliphatic rings. The zero-order chi connectivity index (χ0) is 13.0. The minimum atomic E-state index is -0.577. The van der Waals surface area contributed by atoms with Gasteiger partial charge >= 0.3 is 6.09 Å². The molecule has 0 unspecified atom stereocenters. The van der Waals surface area contributed by atoms with Crippen molar-refractivity contribution in [1.82, 2.24) is 4.90 Å². The number of likely N-dealkylation sites (tertiary alicyclic amines) is 1. The van der Waals surface area contributed by atoms with Crippen molar-refractivity contribution in [1.29, 1.82) is 0 Å². The quantitative estimate of drug-likeness (QED) is 0.874. The van der Waals surface area contributed by atoms with E-state index < -0.39 is 5.66 Å². The average molecular weight is 248 g/mol. The average Bonchev–Trinajstić information content (AvgIpc) is 2.37. The van der Waals surface area contributed by atoms with Gasteiger partial charge in [-0.25, -0.2) is 4.79 Å². The van der Waals surface area contributed by atoms with Gasteiger partial charge in [-0.05, 0) is 31.7 Å². The normalized spacial score (nSPS) is 23.8. The molecule has 1 fully saturated rings. The molecular weight excluding hydrogens is 228 g/mol. The number of piperidine rings is 1.